The van der Waals surface area contributed by atoms with E-state index in [1.807, 2.05) is 0 Å². The molecule has 1 aromatic heterocycles. The maximum absolute atomic E-state index is 12.3. The molecule has 2 amide bonds. The summed E-state index contributed by atoms with van der Waals surface area (Å²) < 4.78 is 48.4. The first-order chi connectivity index (χ1) is 12.0. The lowest BCUT2D eigenvalue weighted by Crippen LogP contribution is -2.53. The monoisotopic (exact) mass is 423 g/mol. The Morgan fingerprint density at radius 2 is 1.96 bits per heavy atom. The van der Waals surface area contributed by atoms with Crippen molar-refractivity contribution in [3.63, 3.8) is 0 Å². The van der Waals surface area contributed by atoms with Crippen LogP contribution in [0.2, 0.25) is 0 Å². The van der Waals surface area contributed by atoms with Gasteiger partial charge >= 0.3 is 0 Å². The van der Waals surface area contributed by atoms with Crippen molar-refractivity contribution in [1.82, 2.24) is 14.5 Å². The lowest BCUT2D eigenvalue weighted by molar-refractivity contribution is -0.135. The molecule has 0 radical (unpaired) electrons. The van der Waals surface area contributed by atoms with E-state index >= 15 is 0 Å². The zero-order chi connectivity index (χ0) is 19.5. The van der Waals surface area contributed by atoms with Crippen molar-refractivity contribution in [2.24, 2.45) is 0 Å². The molecule has 0 saturated carbocycles. The summed E-state index contributed by atoms with van der Waals surface area (Å²) >= 11 is 1.05. The van der Waals surface area contributed by atoms with Crippen LogP contribution in [0, 0.1) is 0 Å². The van der Waals surface area contributed by atoms with Crippen molar-refractivity contribution < 1.29 is 26.4 Å². The van der Waals surface area contributed by atoms with Crippen LogP contribution in [0.1, 0.15) is 6.92 Å². The standard InChI is InChI=1S/C14H21N3O6S3/c1-11(14(19)17-5-8-25(20,21)9-6-17)15-12(18)10-16(2)26(22,23)13-4-3-7-24-13/h3-4,7,11H,5-6,8-10H2,1-2H3,(H,15,18). The Bertz CT molecular complexity index is 850. The summed E-state index contributed by atoms with van der Waals surface area (Å²) in [6.07, 6.45) is 0. The summed E-state index contributed by atoms with van der Waals surface area (Å²) in [5.74, 6) is -1.20. The largest absolute Gasteiger partial charge is 0.343 e. The van der Waals surface area contributed by atoms with E-state index < -0.39 is 44.3 Å². The molecule has 1 aromatic rings. The van der Waals surface area contributed by atoms with Crippen molar-refractivity contribution in [3.8, 4) is 0 Å². The van der Waals surface area contributed by atoms with E-state index in [1.54, 1.807) is 11.4 Å². The first-order valence-electron chi connectivity index (χ1n) is 7.81. The molecule has 26 heavy (non-hydrogen) atoms. The summed E-state index contributed by atoms with van der Waals surface area (Å²) in [4.78, 5) is 25.8. The number of carbonyl (C=O) groups excluding carboxylic acids is 2. The third kappa shape index (κ3) is 5.02. The van der Waals surface area contributed by atoms with Crippen LogP contribution >= 0.6 is 11.3 Å². The van der Waals surface area contributed by atoms with Crippen LogP contribution in [0.25, 0.3) is 0 Å². The van der Waals surface area contributed by atoms with Crippen LogP contribution in [-0.4, -0.2) is 82.1 Å². The smallest absolute Gasteiger partial charge is 0.252 e. The Kier molecular flexibility index (Phi) is 6.42. The van der Waals surface area contributed by atoms with Gasteiger partial charge in [-0.1, -0.05) is 6.07 Å². The van der Waals surface area contributed by atoms with Gasteiger partial charge < -0.3 is 10.2 Å². The number of likely N-dealkylation sites (N-methyl/N-ethyl adjacent to an activating group) is 1. The summed E-state index contributed by atoms with van der Waals surface area (Å²) in [5, 5.41) is 4.09. The molecule has 0 bridgehead atoms. The Hall–Kier alpha value is -1.50. The molecule has 0 spiro atoms. The van der Waals surface area contributed by atoms with Gasteiger partial charge in [-0.15, -0.1) is 11.3 Å². The van der Waals surface area contributed by atoms with Crippen molar-refractivity contribution in [3.05, 3.63) is 17.5 Å². The molecule has 9 nitrogen and oxygen atoms in total. The van der Waals surface area contributed by atoms with Gasteiger partial charge in [-0.3, -0.25) is 9.59 Å². The van der Waals surface area contributed by atoms with Gasteiger partial charge in [0.15, 0.2) is 9.84 Å². The first kappa shape index (κ1) is 20.8. The summed E-state index contributed by atoms with van der Waals surface area (Å²) in [6.45, 7) is 1.24. The fourth-order valence-corrected chi connectivity index (χ4v) is 5.94. The third-order valence-electron chi connectivity index (χ3n) is 3.93. The van der Waals surface area contributed by atoms with Gasteiger partial charge in [0.05, 0.1) is 18.1 Å². The molecule has 1 fully saturated rings. The number of hydrogen-bond donors (Lipinski definition) is 1. The molecule has 1 N–H and O–H groups in total. The molecular formula is C14H21N3O6S3. The number of thiophene rings is 1. The van der Waals surface area contributed by atoms with Gasteiger partial charge in [-0.05, 0) is 18.4 Å². The highest BCUT2D eigenvalue weighted by molar-refractivity contribution is 7.91. The number of nitrogens with zero attached hydrogens (tertiary/aromatic N) is 2. The summed E-state index contributed by atoms with van der Waals surface area (Å²) in [5.41, 5.74) is 0. The fourth-order valence-electron chi connectivity index (χ4n) is 2.41. The molecule has 0 aliphatic carbocycles. The van der Waals surface area contributed by atoms with E-state index in [1.165, 1.54) is 24.9 Å². The molecule has 0 aromatic carbocycles. The maximum Gasteiger partial charge on any atom is 0.252 e. The quantitative estimate of drug-likeness (QED) is 0.635. The van der Waals surface area contributed by atoms with Crippen molar-refractivity contribution in [1.29, 1.82) is 0 Å². The van der Waals surface area contributed by atoms with Crippen LogP contribution in [0.4, 0.5) is 0 Å². The van der Waals surface area contributed by atoms with E-state index in [9.17, 15) is 26.4 Å². The van der Waals surface area contributed by atoms with E-state index in [4.69, 9.17) is 0 Å². The lowest BCUT2D eigenvalue weighted by atomic mass is 10.2. The molecule has 1 saturated heterocycles. The Morgan fingerprint density at radius 1 is 1.35 bits per heavy atom. The number of nitrogens with one attached hydrogen (secondary N) is 1. The molecular weight excluding hydrogens is 402 g/mol. The summed E-state index contributed by atoms with van der Waals surface area (Å²) in [6, 6.07) is 2.18. The van der Waals surface area contributed by atoms with E-state index in [-0.39, 0.29) is 28.8 Å². The minimum Gasteiger partial charge on any atom is -0.343 e. The second-order valence-corrected chi connectivity index (χ2v) is 11.5. The second-order valence-electron chi connectivity index (χ2n) is 5.96. The van der Waals surface area contributed by atoms with Crippen LogP contribution in [0.15, 0.2) is 21.7 Å². The maximum atomic E-state index is 12.3. The van der Waals surface area contributed by atoms with E-state index in [0.717, 1.165) is 15.6 Å². The summed E-state index contributed by atoms with van der Waals surface area (Å²) in [7, 11) is -5.57. The average Bonchev–Trinajstić information content (AvgIpc) is 3.09. The van der Waals surface area contributed by atoms with E-state index in [2.05, 4.69) is 5.32 Å². The highest BCUT2D eigenvalue weighted by Gasteiger charge is 2.29. The van der Waals surface area contributed by atoms with Gasteiger partial charge in [-0.2, -0.15) is 4.31 Å². The third-order valence-corrected chi connectivity index (χ3v) is 8.72. The fraction of sp³-hybridized carbons (Fsp3) is 0.571. The second kappa shape index (κ2) is 8.03. The van der Waals surface area contributed by atoms with E-state index in [0.29, 0.717) is 0 Å². The van der Waals surface area contributed by atoms with Crippen LogP contribution < -0.4 is 5.32 Å². The number of hydrogen-bond acceptors (Lipinski definition) is 7. The van der Waals surface area contributed by atoms with Gasteiger partial charge in [-0.25, -0.2) is 16.8 Å². The normalized spacial score (nSPS) is 18.5. The Labute approximate surface area is 156 Å². The van der Waals surface area contributed by atoms with Crippen LogP contribution in [0.5, 0.6) is 0 Å². The number of sulfonamides is 1. The van der Waals surface area contributed by atoms with Gasteiger partial charge in [0, 0.05) is 20.1 Å². The molecule has 2 rings (SSSR count). The van der Waals surface area contributed by atoms with Gasteiger partial charge in [0.2, 0.25) is 11.8 Å². The highest BCUT2D eigenvalue weighted by Crippen LogP contribution is 2.19. The SMILES string of the molecule is CC(NC(=O)CN(C)S(=O)(=O)c1cccs1)C(=O)N1CCS(=O)(=O)CC1. The molecule has 12 heteroatoms. The zero-order valence-electron chi connectivity index (χ0n) is 14.4. The highest BCUT2D eigenvalue weighted by atomic mass is 32.2. The van der Waals surface area contributed by atoms with Crippen LogP contribution in [0.3, 0.4) is 0 Å². The predicted octanol–water partition coefficient (Wildman–Crippen LogP) is -0.870. The van der Waals surface area contributed by atoms with Crippen molar-refractivity contribution >= 4 is 43.0 Å². The first-order valence-corrected chi connectivity index (χ1v) is 12.0. The topological polar surface area (TPSA) is 121 Å². The molecule has 2 heterocycles. The molecule has 1 unspecified atom stereocenters. The van der Waals surface area contributed by atoms with Gasteiger partial charge in [0.25, 0.3) is 10.0 Å². The zero-order valence-corrected chi connectivity index (χ0v) is 16.9. The predicted molar refractivity (Wildman–Crippen MR) is 97.0 cm³/mol. The molecule has 1 aliphatic rings. The van der Waals surface area contributed by atoms with Crippen LogP contribution in [-0.2, 0) is 29.4 Å². The molecule has 1 aliphatic heterocycles. The minimum absolute atomic E-state index is 0.0913. The molecule has 146 valence electrons. The average molecular weight is 424 g/mol. The Balaban J connectivity index is 1.90. The number of amides is 2. The minimum atomic E-state index is -3.75. The van der Waals surface area contributed by atoms with Crippen molar-refractivity contribution in [2.75, 3.05) is 38.2 Å². The molecule has 1 atom stereocenters. The van der Waals surface area contributed by atoms with Crippen molar-refractivity contribution in [2.45, 2.75) is 17.2 Å². The number of rotatable bonds is 6. The lowest BCUT2D eigenvalue weighted by Gasteiger charge is -2.29. The van der Waals surface area contributed by atoms with Gasteiger partial charge in [0.1, 0.15) is 10.3 Å². The number of sulfone groups is 1. The number of carbonyl (C=O) groups is 2. The Morgan fingerprint density at radius 3 is 2.50 bits per heavy atom.